The van der Waals surface area contributed by atoms with E-state index in [2.05, 4.69) is 21.2 Å². The van der Waals surface area contributed by atoms with Crippen molar-refractivity contribution in [2.24, 2.45) is 0 Å². The molecule has 0 aliphatic carbocycles. The number of anilines is 1. The Hall–Kier alpha value is -3.52. The lowest BCUT2D eigenvalue weighted by Gasteiger charge is -2.16. The highest BCUT2D eigenvalue weighted by molar-refractivity contribution is 9.10. The predicted molar refractivity (Wildman–Crippen MR) is 116 cm³/mol. The van der Waals surface area contributed by atoms with Crippen LogP contribution in [0.25, 0.3) is 0 Å². The van der Waals surface area contributed by atoms with Gasteiger partial charge in [0, 0.05) is 4.47 Å². The van der Waals surface area contributed by atoms with E-state index in [1.807, 2.05) is 0 Å². The molecular weight excluding hydrogens is 467 g/mol. The second-order valence-electron chi connectivity index (χ2n) is 6.85. The first-order valence-corrected chi connectivity index (χ1v) is 10.1. The summed E-state index contributed by atoms with van der Waals surface area (Å²) in [7, 11) is 1.43. The highest BCUT2D eigenvalue weighted by Crippen LogP contribution is 2.28. The van der Waals surface area contributed by atoms with E-state index in [-0.39, 0.29) is 23.9 Å². The molecule has 156 valence electrons. The van der Waals surface area contributed by atoms with Crippen molar-refractivity contribution in [1.29, 1.82) is 0 Å². The van der Waals surface area contributed by atoms with Crippen LogP contribution in [0.5, 0.6) is 5.75 Å². The van der Waals surface area contributed by atoms with Crippen molar-refractivity contribution in [2.45, 2.75) is 6.54 Å². The monoisotopic (exact) mass is 482 g/mol. The number of rotatable bonds is 5. The van der Waals surface area contributed by atoms with Gasteiger partial charge in [0.1, 0.15) is 11.6 Å². The molecule has 31 heavy (non-hydrogen) atoms. The molecule has 0 spiro atoms. The molecule has 0 bridgehead atoms. The summed E-state index contributed by atoms with van der Waals surface area (Å²) in [6.07, 6.45) is 0. The predicted octanol–water partition coefficient (Wildman–Crippen LogP) is 4.65. The van der Waals surface area contributed by atoms with Crippen LogP contribution in [0.3, 0.4) is 0 Å². The number of carbonyl (C=O) groups excluding carboxylic acids is 3. The van der Waals surface area contributed by atoms with Crippen LogP contribution in [0.15, 0.2) is 65.1 Å². The summed E-state index contributed by atoms with van der Waals surface area (Å²) in [5, 5.41) is 2.70. The smallest absolute Gasteiger partial charge is 0.261 e. The summed E-state index contributed by atoms with van der Waals surface area (Å²) in [4.78, 5) is 39.3. The second-order valence-corrected chi connectivity index (χ2v) is 7.71. The molecule has 0 unspecified atom stereocenters. The van der Waals surface area contributed by atoms with E-state index in [1.54, 1.807) is 42.5 Å². The normalized spacial score (nSPS) is 12.7. The lowest BCUT2D eigenvalue weighted by atomic mass is 10.1. The molecule has 1 aliphatic heterocycles. The molecule has 0 atom stereocenters. The lowest BCUT2D eigenvalue weighted by molar-refractivity contribution is 0.0642. The zero-order valence-electron chi connectivity index (χ0n) is 16.3. The fourth-order valence-electron chi connectivity index (χ4n) is 3.38. The zero-order chi connectivity index (χ0) is 22.1. The van der Waals surface area contributed by atoms with E-state index >= 15 is 0 Å². The first-order chi connectivity index (χ1) is 14.9. The van der Waals surface area contributed by atoms with Crippen LogP contribution in [0, 0.1) is 5.82 Å². The minimum atomic E-state index is -0.478. The van der Waals surface area contributed by atoms with Gasteiger partial charge in [-0.25, -0.2) is 4.39 Å². The Balaban J connectivity index is 1.60. The van der Waals surface area contributed by atoms with Gasteiger partial charge in [0.25, 0.3) is 17.7 Å². The van der Waals surface area contributed by atoms with Gasteiger partial charge in [-0.2, -0.15) is 0 Å². The maximum atomic E-state index is 13.3. The summed E-state index contributed by atoms with van der Waals surface area (Å²) in [5.41, 5.74) is 1.91. The molecule has 3 aromatic carbocycles. The zero-order valence-corrected chi connectivity index (χ0v) is 17.9. The summed E-state index contributed by atoms with van der Waals surface area (Å²) in [6, 6.07) is 15.4. The van der Waals surface area contributed by atoms with Gasteiger partial charge >= 0.3 is 0 Å². The van der Waals surface area contributed by atoms with Crippen molar-refractivity contribution >= 4 is 39.3 Å². The number of ether oxygens (including phenoxy) is 1. The highest BCUT2D eigenvalue weighted by atomic mass is 79.9. The summed E-state index contributed by atoms with van der Waals surface area (Å²) in [5.74, 6) is -1.35. The minimum Gasteiger partial charge on any atom is -0.496 e. The number of nitrogens with zero attached hydrogens (tertiary/aromatic N) is 1. The van der Waals surface area contributed by atoms with Crippen LogP contribution in [0.4, 0.5) is 10.1 Å². The Morgan fingerprint density at radius 1 is 1.03 bits per heavy atom. The van der Waals surface area contributed by atoms with Gasteiger partial charge in [-0.05, 0) is 64.0 Å². The standard InChI is InChI=1S/C23H16BrFN2O4/c1-31-20-9-6-13(12-27-22(29)15-4-2-3-5-16(15)23(27)30)10-17(20)21(28)26-19-8-7-14(25)11-18(19)24/h2-11H,12H2,1H3,(H,26,28). The molecule has 4 rings (SSSR count). The SMILES string of the molecule is COc1ccc(CN2C(=O)c3ccccc3C2=O)cc1C(=O)Nc1ccc(F)cc1Br. The van der Waals surface area contributed by atoms with E-state index < -0.39 is 11.7 Å². The van der Waals surface area contributed by atoms with Gasteiger partial charge in [0.15, 0.2) is 0 Å². The average Bonchev–Trinajstić information content (AvgIpc) is 3.00. The van der Waals surface area contributed by atoms with Crippen LogP contribution >= 0.6 is 15.9 Å². The maximum Gasteiger partial charge on any atom is 0.261 e. The molecule has 3 aromatic rings. The molecule has 1 aliphatic rings. The van der Waals surface area contributed by atoms with Crippen LogP contribution in [0.1, 0.15) is 36.6 Å². The number of carbonyl (C=O) groups is 3. The number of hydrogen-bond donors (Lipinski definition) is 1. The van der Waals surface area contributed by atoms with E-state index in [9.17, 15) is 18.8 Å². The number of amides is 3. The van der Waals surface area contributed by atoms with E-state index in [0.29, 0.717) is 32.6 Å². The van der Waals surface area contributed by atoms with E-state index in [4.69, 9.17) is 4.74 Å². The lowest BCUT2D eigenvalue weighted by Crippen LogP contribution is -2.29. The Kier molecular flexibility index (Phi) is 5.56. The third-order valence-corrected chi connectivity index (χ3v) is 5.56. The maximum absolute atomic E-state index is 13.3. The fourth-order valence-corrected chi connectivity index (χ4v) is 3.83. The molecular formula is C23H16BrFN2O4. The minimum absolute atomic E-state index is 0.0108. The first kappa shape index (κ1) is 20.7. The molecule has 8 heteroatoms. The number of halogens is 2. The van der Waals surface area contributed by atoms with Crippen molar-refractivity contribution in [3.8, 4) is 5.75 Å². The quantitative estimate of drug-likeness (QED) is 0.537. The van der Waals surface area contributed by atoms with Crippen LogP contribution in [-0.4, -0.2) is 29.7 Å². The van der Waals surface area contributed by atoms with E-state index in [1.165, 1.54) is 25.3 Å². The van der Waals surface area contributed by atoms with Crippen molar-refractivity contribution < 1.29 is 23.5 Å². The Labute approximate surface area is 185 Å². The van der Waals surface area contributed by atoms with Gasteiger partial charge in [-0.3, -0.25) is 19.3 Å². The second kappa shape index (κ2) is 8.31. The Morgan fingerprint density at radius 2 is 1.71 bits per heavy atom. The highest BCUT2D eigenvalue weighted by Gasteiger charge is 2.35. The van der Waals surface area contributed by atoms with Gasteiger partial charge in [-0.15, -0.1) is 0 Å². The number of imide groups is 1. The Bertz CT molecular complexity index is 1190. The van der Waals surface area contributed by atoms with Crippen molar-refractivity contribution in [3.05, 3.63) is 93.2 Å². The van der Waals surface area contributed by atoms with Crippen LogP contribution < -0.4 is 10.1 Å². The molecule has 0 fully saturated rings. The fraction of sp³-hybridized carbons (Fsp3) is 0.0870. The largest absolute Gasteiger partial charge is 0.496 e. The summed E-state index contributed by atoms with van der Waals surface area (Å²) < 4.78 is 19.0. The molecule has 1 N–H and O–H groups in total. The van der Waals surface area contributed by atoms with Crippen LogP contribution in [0.2, 0.25) is 0 Å². The third kappa shape index (κ3) is 3.94. The molecule has 3 amide bonds. The summed E-state index contributed by atoms with van der Waals surface area (Å²) >= 11 is 3.22. The van der Waals surface area contributed by atoms with Gasteiger partial charge in [0.05, 0.1) is 36.0 Å². The Morgan fingerprint density at radius 3 is 2.32 bits per heavy atom. The number of benzene rings is 3. The molecule has 0 radical (unpaired) electrons. The van der Waals surface area contributed by atoms with Crippen molar-refractivity contribution in [1.82, 2.24) is 4.90 Å². The summed E-state index contributed by atoms with van der Waals surface area (Å²) in [6.45, 7) is 0.0108. The number of nitrogens with one attached hydrogen (secondary N) is 1. The van der Waals surface area contributed by atoms with Crippen molar-refractivity contribution in [2.75, 3.05) is 12.4 Å². The number of fused-ring (bicyclic) bond motifs is 1. The third-order valence-electron chi connectivity index (χ3n) is 4.91. The van der Waals surface area contributed by atoms with Crippen LogP contribution in [-0.2, 0) is 6.54 Å². The molecule has 1 heterocycles. The molecule has 0 saturated carbocycles. The first-order valence-electron chi connectivity index (χ1n) is 9.27. The van der Waals surface area contributed by atoms with Gasteiger partial charge < -0.3 is 10.1 Å². The number of methoxy groups -OCH3 is 1. The molecule has 0 saturated heterocycles. The number of hydrogen-bond acceptors (Lipinski definition) is 4. The van der Waals surface area contributed by atoms with E-state index in [0.717, 1.165) is 4.90 Å². The molecule has 0 aromatic heterocycles. The molecule has 6 nitrogen and oxygen atoms in total. The van der Waals surface area contributed by atoms with Crippen molar-refractivity contribution in [3.63, 3.8) is 0 Å². The van der Waals surface area contributed by atoms with Gasteiger partial charge in [-0.1, -0.05) is 18.2 Å². The topological polar surface area (TPSA) is 75.7 Å². The average molecular weight is 483 g/mol. The van der Waals surface area contributed by atoms with Gasteiger partial charge in [0.2, 0.25) is 0 Å².